The maximum Gasteiger partial charge on any atom is 0.416 e. The van der Waals surface area contributed by atoms with Gasteiger partial charge in [0.15, 0.2) is 0 Å². The van der Waals surface area contributed by atoms with Crippen LogP contribution >= 0.6 is 0 Å². The molecule has 3 atom stereocenters. The summed E-state index contributed by atoms with van der Waals surface area (Å²) < 4.78 is 82.4. The predicted octanol–water partition coefficient (Wildman–Crippen LogP) is 5.13. The number of rotatable bonds is 4. The summed E-state index contributed by atoms with van der Waals surface area (Å²) in [7, 11) is 0. The summed E-state index contributed by atoms with van der Waals surface area (Å²) in [4.78, 5) is 0. The Balaban J connectivity index is 1.71. The molecule has 30 heavy (non-hydrogen) atoms. The lowest BCUT2D eigenvalue weighted by Crippen LogP contribution is -2.53. The van der Waals surface area contributed by atoms with Crippen LogP contribution in [0.1, 0.15) is 36.5 Å². The van der Waals surface area contributed by atoms with E-state index in [0.717, 1.165) is 24.3 Å². The maximum absolute atomic E-state index is 12.8. The zero-order valence-corrected chi connectivity index (χ0v) is 16.0. The molecular formula is C21H21F6NO2. The van der Waals surface area contributed by atoms with Gasteiger partial charge in [-0.1, -0.05) is 18.2 Å². The molecule has 2 aromatic carbocycles. The van der Waals surface area contributed by atoms with Crippen LogP contribution in [0.15, 0.2) is 48.5 Å². The number of alkyl halides is 6. The average molecular weight is 433 g/mol. The van der Waals surface area contributed by atoms with Crippen LogP contribution in [0.3, 0.4) is 0 Å². The fourth-order valence-corrected chi connectivity index (χ4v) is 3.79. The second kappa shape index (κ2) is 8.11. The van der Waals surface area contributed by atoms with Gasteiger partial charge in [0.05, 0.1) is 16.7 Å². The van der Waals surface area contributed by atoms with Crippen molar-refractivity contribution in [3.63, 3.8) is 0 Å². The van der Waals surface area contributed by atoms with Gasteiger partial charge in [0.2, 0.25) is 0 Å². The topological polar surface area (TPSA) is 41.5 Å². The van der Waals surface area contributed by atoms with E-state index >= 15 is 0 Å². The molecule has 0 aliphatic carbocycles. The summed E-state index contributed by atoms with van der Waals surface area (Å²) >= 11 is 0. The molecule has 0 aromatic heterocycles. The molecule has 2 N–H and O–H groups in total. The van der Waals surface area contributed by atoms with Gasteiger partial charge in [-0.25, -0.2) is 0 Å². The molecular weight excluding hydrogens is 412 g/mol. The molecule has 0 radical (unpaired) electrons. The molecule has 1 aliphatic rings. The van der Waals surface area contributed by atoms with Crippen molar-refractivity contribution in [2.45, 2.75) is 49.8 Å². The Kier molecular flexibility index (Phi) is 6.06. The highest BCUT2D eigenvalue weighted by Gasteiger charge is 2.40. The lowest BCUT2D eigenvalue weighted by Gasteiger charge is -2.41. The minimum Gasteiger partial charge on any atom is -0.492 e. The van der Waals surface area contributed by atoms with Gasteiger partial charge >= 0.3 is 12.4 Å². The van der Waals surface area contributed by atoms with Crippen molar-refractivity contribution in [1.29, 1.82) is 0 Å². The van der Waals surface area contributed by atoms with Crippen molar-refractivity contribution >= 4 is 0 Å². The summed E-state index contributed by atoms with van der Waals surface area (Å²) in [6.07, 6.45) is -8.54. The maximum atomic E-state index is 12.8. The second-order valence-corrected chi connectivity index (χ2v) is 7.62. The van der Waals surface area contributed by atoms with Crippen LogP contribution in [-0.4, -0.2) is 23.8 Å². The molecule has 1 aliphatic heterocycles. The normalized spacial score (nSPS) is 25.2. The predicted molar refractivity (Wildman–Crippen MR) is 97.9 cm³/mol. The van der Waals surface area contributed by atoms with E-state index in [1.54, 1.807) is 0 Å². The van der Waals surface area contributed by atoms with Gasteiger partial charge in [-0.15, -0.1) is 0 Å². The largest absolute Gasteiger partial charge is 0.492 e. The van der Waals surface area contributed by atoms with Gasteiger partial charge < -0.3 is 15.2 Å². The number of ether oxygens (including phenoxy) is 1. The second-order valence-electron chi connectivity index (χ2n) is 7.62. The quantitative estimate of drug-likeness (QED) is 0.657. The fourth-order valence-electron chi connectivity index (χ4n) is 3.79. The third kappa shape index (κ3) is 5.26. The molecule has 164 valence electrons. The van der Waals surface area contributed by atoms with Crippen molar-refractivity contribution in [3.8, 4) is 5.75 Å². The Labute approximate surface area is 169 Å². The zero-order valence-electron chi connectivity index (χ0n) is 16.0. The Hall–Kier alpha value is -2.26. The van der Waals surface area contributed by atoms with E-state index in [-0.39, 0.29) is 31.2 Å². The Morgan fingerprint density at radius 2 is 1.60 bits per heavy atom. The SMILES string of the molecule is C[C@H]1C[C@@](O)(c2ccc(C(F)(F)F)cc2)C[C@@H](COc2cccc(C(F)(F)F)c2)N1. The van der Waals surface area contributed by atoms with Crippen molar-refractivity contribution in [2.75, 3.05) is 6.61 Å². The molecule has 1 fully saturated rings. The number of aliphatic hydroxyl groups is 1. The number of piperidine rings is 1. The molecule has 9 heteroatoms. The van der Waals surface area contributed by atoms with Gasteiger partial charge in [0.25, 0.3) is 0 Å². The highest BCUT2D eigenvalue weighted by Crippen LogP contribution is 2.37. The lowest BCUT2D eigenvalue weighted by molar-refractivity contribution is -0.138. The molecule has 0 saturated carbocycles. The highest BCUT2D eigenvalue weighted by molar-refractivity contribution is 5.31. The summed E-state index contributed by atoms with van der Waals surface area (Å²) in [6.45, 7) is 1.81. The van der Waals surface area contributed by atoms with Gasteiger partial charge in [-0.3, -0.25) is 0 Å². The molecule has 1 saturated heterocycles. The molecule has 0 amide bonds. The molecule has 0 spiro atoms. The van der Waals surface area contributed by atoms with Crippen molar-refractivity contribution in [3.05, 3.63) is 65.2 Å². The van der Waals surface area contributed by atoms with E-state index in [9.17, 15) is 31.4 Å². The standard InChI is InChI=1S/C21H21F6NO2/c1-13-10-19(29,14-5-7-15(8-6-14)20(22,23)24)11-17(28-13)12-30-18-4-2-3-16(9-18)21(25,26)27/h2-9,13,17,28-29H,10-12H2,1H3/t13-,17-,19-/m0/s1. The smallest absolute Gasteiger partial charge is 0.416 e. The first-order valence-electron chi connectivity index (χ1n) is 9.33. The minimum absolute atomic E-state index is 0.00536. The van der Waals surface area contributed by atoms with Gasteiger partial charge in [0.1, 0.15) is 12.4 Å². The Bertz CT molecular complexity index is 865. The van der Waals surface area contributed by atoms with Crippen LogP contribution in [0.5, 0.6) is 5.75 Å². The number of benzene rings is 2. The first-order valence-corrected chi connectivity index (χ1v) is 9.33. The third-order valence-corrected chi connectivity index (χ3v) is 5.11. The van der Waals surface area contributed by atoms with E-state index in [0.29, 0.717) is 5.56 Å². The fraction of sp³-hybridized carbons (Fsp3) is 0.429. The summed E-state index contributed by atoms with van der Waals surface area (Å²) in [6, 6.07) is 8.26. The minimum atomic E-state index is -4.49. The lowest BCUT2D eigenvalue weighted by atomic mass is 9.79. The van der Waals surface area contributed by atoms with Crippen LogP contribution in [-0.2, 0) is 18.0 Å². The molecule has 3 rings (SSSR count). The van der Waals surface area contributed by atoms with Gasteiger partial charge in [-0.2, -0.15) is 26.3 Å². The third-order valence-electron chi connectivity index (χ3n) is 5.11. The summed E-state index contributed by atoms with van der Waals surface area (Å²) in [5, 5.41) is 14.3. The van der Waals surface area contributed by atoms with Gasteiger partial charge in [0, 0.05) is 12.1 Å². The molecule has 3 nitrogen and oxygen atoms in total. The number of hydrogen-bond acceptors (Lipinski definition) is 3. The highest BCUT2D eigenvalue weighted by atomic mass is 19.4. The molecule has 0 bridgehead atoms. The molecule has 0 unspecified atom stereocenters. The molecule has 2 aromatic rings. The monoisotopic (exact) mass is 433 g/mol. The average Bonchev–Trinajstić information content (AvgIpc) is 2.65. The number of hydrogen-bond donors (Lipinski definition) is 2. The van der Waals surface area contributed by atoms with E-state index < -0.39 is 35.1 Å². The van der Waals surface area contributed by atoms with Crippen molar-refractivity contribution in [1.82, 2.24) is 5.32 Å². The van der Waals surface area contributed by atoms with E-state index in [1.165, 1.54) is 24.3 Å². The van der Waals surface area contributed by atoms with Crippen LogP contribution in [0.25, 0.3) is 0 Å². The van der Waals surface area contributed by atoms with E-state index in [2.05, 4.69) is 5.32 Å². The van der Waals surface area contributed by atoms with E-state index in [1.807, 2.05) is 6.92 Å². The number of halogens is 6. The summed E-state index contributed by atoms with van der Waals surface area (Å²) in [5.74, 6) is 0.0444. The zero-order chi connectivity index (χ0) is 22.2. The van der Waals surface area contributed by atoms with Gasteiger partial charge in [-0.05, 0) is 55.7 Å². The summed E-state index contributed by atoms with van der Waals surface area (Å²) in [5.41, 5.74) is -2.66. The Morgan fingerprint density at radius 1 is 0.967 bits per heavy atom. The first kappa shape index (κ1) is 22.4. The van der Waals surface area contributed by atoms with Crippen LogP contribution < -0.4 is 10.1 Å². The van der Waals surface area contributed by atoms with Crippen LogP contribution in [0.2, 0.25) is 0 Å². The van der Waals surface area contributed by atoms with Crippen LogP contribution in [0, 0.1) is 0 Å². The molecule has 1 heterocycles. The number of nitrogens with one attached hydrogen (secondary N) is 1. The Morgan fingerprint density at radius 3 is 2.20 bits per heavy atom. The van der Waals surface area contributed by atoms with Crippen molar-refractivity contribution in [2.24, 2.45) is 0 Å². The first-order chi connectivity index (χ1) is 13.9. The van der Waals surface area contributed by atoms with Crippen molar-refractivity contribution < 1.29 is 36.2 Å². The van der Waals surface area contributed by atoms with E-state index in [4.69, 9.17) is 4.74 Å². The van der Waals surface area contributed by atoms with Crippen LogP contribution in [0.4, 0.5) is 26.3 Å².